The van der Waals surface area contributed by atoms with Gasteiger partial charge in [0, 0.05) is 115 Å². The first-order valence-electron chi connectivity index (χ1n) is 44.2. The largest absolute Gasteiger partial charge is 0.309 e. The van der Waals surface area contributed by atoms with E-state index in [1.807, 2.05) is 182 Å². The Balaban J connectivity index is 0.000000106. The van der Waals surface area contributed by atoms with Crippen molar-refractivity contribution < 1.29 is 0 Å². The number of rotatable bonds is 12. The van der Waals surface area contributed by atoms with Crippen LogP contribution in [0.5, 0.6) is 0 Å². The highest BCUT2D eigenvalue weighted by atomic mass is 15.2. The zero-order valence-electron chi connectivity index (χ0n) is 71.0. The van der Waals surface area contributed by atoms with Gasteiger partial charge in [-0.2, -0.15) is 29.9 Å². The molecule has 9 heterocycles. The van der Waals surface area contributed by atoms with Crippen LogP contribution in [-0.2, 0) is 0 Å². The monoisotopic (exact) mass is 1690 g/mol. The number of hydrogen-bond acceptors (Lipinski definition) is 9. The van der Waals surface area contributed by atoms with Crippen LogP contribution in [0.3, 0.4) is 0 Å². The van der Waals surface area contributed by atoms with Crippen molar-refractivity contribution in [2.45, 2.75) is 0 Å². The van der Waals surface area contributed by atoms with Crippen LogP contribution in [0.2, 0.25) is 0 Å². The molecule has 618 valence electrons. The summed E-state index contributed by atoms with van der Waals surface area (Å²) < 4.78 is 13.7. The Bertz CT molecular complexity index is 8910. The van der Waals surface area contributed by atoms with E-state index < -0.39 is 0 Å². The van der Waals surface area contributed by atoms with Gasteiger partial charge in [-0.1, -0.05) is 364 Å². The molecule has 132 heavy (non-hydrogen) atoms. The molecule has 27 rings (SSSR count). The van der Waals surface area contributed by atoms with Gasteiger partial charge >= 0.3 is 0 Å². The lowest BCUT2D eigenvalue weighted by Gasteiger charge is -2.13. The molecule has 0 saturated heterocycles. The molecule has 0 N–H and O–H groups in total. The van der Waals surface area contributed by atoms with Crippen LogP contribution >= 0.6 is 0 Å². The van der Waals surface area contributed by atoms with Crippen LogP contribution in [0.25, 0.3) is 234 Å². The highest BCUT2D eigenvalue weighted by Gasteiger charge is 2.28. The third-order valence-electron chi connectivity index (χ3n) is 25.1. The van der Waals surface area contributed by atoms with Crippen molar-refractivity contribution >= 4 is 131 Å². The second-order valence-corrected chi connectivity index (χ2v) is 32.8. The molecule has 0 bridgehead atoms. The molecule has 0 fully saturated rings. The highest BCUT2D eigenvalue weighted by Crippen LogP contribution is 2.46. The number of fused-ring (bicyclic) bond motifs is 20. The summed E-state index contributed by atoms with van der Waals surface area (Å²) >= 11 is 0. The molecule has 0 aliphatic carbocycles. The van der Waals surface area contributed by atoms with Crippen molar-refractivity contribution in [3.05, 3.63) is 455 Å². The normalized spacial score (nSPS) is 11.6. The molecule has 0 radical (unpaired) electrons. The number of benzene rings is 18. The lowest BCUT2D eigenvalue weighted by Crippen LogP contribution is -2.07. The fourth-order valence-corrected chi connectivity index (χ4v) is 19.3. The smallest absolute Gasteiger partial charge is 0.238 e. The second kappa shape index (κ2) is 32.0. The summed E-state index contributed by atoms with van der Waals surface area (Å²) in [5.41, 5.74) is 22.3. The fourth-order valence-electron chi connectivity index (χ4n) is 19.3. The Morgan fingerprint density at radius 2 is 0.348 bits per heavy atom. The predicted octanol–water partition coefficient (Wildman–Crippen LogP) is 28.2. The van der Waals surface area contributed by atoms with E-state index in [4.69, 9.17) is 44.9 Å². The summed E-state index contributed by atoms with van der Waals surface area (Å²) in [5.74, 6) is 5.60. The van der Waals surface area contributed by atoms with Crippen LogP contribution in [0.4, 0.5) is 0 Å². The SMILES string of the molecule is c1ccc(-c2nc(-c3ccccc3)nc(-n3c4ccccc4c4cc5c(cc43)c3ccccc3n5-c3ccccc3)n2)cc1.c1ccc(-c2nc(-c3ccccc3)nc(-n3c4ccccc4c4ccc5c(c6ccccc6n5-c5ccccc5)c43)n2)cc1.c1ccc(-c2nc(-c3ccccc3)nc(-n3c4ccccc4c4ccc5c6ccccc6n(-c6ccccc6)c5c43)n2)cc1. The zero-order valence-corrected chi connectivity index (χ0v) is 71.0. The maximum Gasteiger partial charge on any atom is 0.238 e. The lowest BCUT2D eigenvalue weighted by molar-refractivity contribution is 0.953. The predicted molar refractivity (Wildman–Crippen MR) is 538 cm³/mol. The molecular formula is C117H75N15. The van der Waals surface area contributed by atoms with Crippen molar-refractivity contribution in [2.75, 3.05) is 0 Å². The average molecular weight is 1690 g/mol. The summed E-state index contributed by atoms with van der Waals surface area (Å²) in [6, 6.07) is 158. The third kappa shape index (κ3) is 12.9. The van der Waals surface area contributed by atoms with Gasteiger partial charge in [-0.25, -0.2) is 15.0 Å². The van der Waals surface area contributed by atoms with E-state index in [0.29, 0.717) is 52.8 Å². The average Bonchev–Trinajstić information content (AvgIpc) is 1.54. The van der Waals surface area contributed by atoms with E-state index >= 15 is 0 Å². The van der Waals surface area contributed by atoms with Gasteiger partial charge in [0.15, 0.2) is 34.9 Å². The minimum Gasteiger partial charge on any atom is -0.309 e. The summed E-state index contributed by atoms with van der Waals surface area (Å²) in [7, 11) is 0. The molecule has 0 aliphatic heterocycles. The molecule has 0 atom stereocenters. The Morgan fingerprint density at radius 1 is 0.129 bits per heavy atom. The van der Waals surface area contributed by atoms with Crippen molar-refractivity contribution in [1.82, 2.24) is 72.3 Å². The van der Waals surface area contributed by atoms with Gasteiger partial charge in [0.25, 0.3) is 0 Å². The number of para-hydroxylation sites is 9. The van der Waals surface area contributed by atoms with Crippen molar-refractivity contribution in [2.24, 2.45) is 0 Å². The first-order chi connectivity index (χ1) is 65.5. The van der Waals surface area contributed by atoms with Crippen molar-refractivity contribution in [3.8, 4) is 103 Å². The summed E-state index contributed by atoms with van der Waals surface area (Å²) in [5, 5.41) is 14.0. The van der Waals surface area contributed by atoms with Gasteiger partial charge in [-0.05, 0) is 91.0 Å². The minimum absolute atomic E-state index is 0.585. The molecule has 0 spiro atoms. The van der Waals surface area contributed by atoms with Gasteiger partial charge in [0.1, 0.15) is 0 Å². The van der Waals surface area contributed by atoms with E-state index in [0.717, 1.165) is 138 Å². The van der Waals surface area contributed by atoms with Crippen LogP contribution in [0.15, 0.2) is 455 Å². The molecule has 0 amide bonds. The molecule has 15 nitrogen and oxygen atoms in total. The molecule has 0 aliphatic rings. The quantitative estimate of drug-likeness (QED) is 0.117. The van der Waals surface area contributed by atoms with Crippen molar-refractivity contribution in [3.63, 3.8) is 0 Å². The van der Waals surface area contributed by atoms with E-state index in [9.17, 15) is 0 Å². The summed E-state index contributed by atoms with van der Waals surface area (Å²) in [6.07, 6.45) is 0. The van der Waals surface area contributed by atoms with Gasteiger partial charge in [0.2, 0.25) is 17.8 Å². The molecule has 0 saturated carbocycles. The topological polar surface area (TPSA) is 146 Å². The molecule has 18 aromatic carbocycles. The van der Waals surface area contributed by atoms with E-state index in [-0.39, 0.29) is 0 Å². The third-order valence-corrected chi connectivity index (χ3v) is 25.1. The Morgan fingerprint density at radius 3 is 0.697 bits per heavy atom. The highest BCUT2D eigenvalue weighted by molar-refractivity contribution is 6.27. The minimum atomic E-state index is 0.585. The maximum atomic E-state index is 5.17. The molecule has 0 unspecified atom stereocenters. The van der Waals surface area contributed by atoms with Crippen molar-refractivity contribution in [1.29, 1.82) is 0 Å². The van der Waals surface area contributed by atoms with Crippen LogP contribution < -0.4 is 0 Å². The van der Waals surface area contributed by atoms with E-state index in [2.05, 4.69) is 300 Å². The Hall–Kier alpha value is -18.2. The molecule has 15 heteroatoms. The fraction of sp³-hybridized carbons (Fsp3) is 0. The van der Waals surface area contributed by atoms with E-state index in [1.54, 1.807) is 0 Å². The number of aromatic nitrogens is 15. The summed E-state index contributed by atoms with van der Waals surface area (Å²) in [6.45, 7) is 0. The van der Waals surface area contributed by atoms with Gasteiger partial charge in [-0.3, -0.25) is 13.7 Å². The lowest BCUT2D eigenvalue weighted by atomic mass is 10.1. The Labute approximate surface area is 756 Å². The van der Waals surface area contributed by atoms with Gasteiger partial charge < -0.3 is 13.7 Å². The molecule has 27 aromatic rings. The maximum absolute atomic E-state index is 5.17. The van der Waals surface area contributed by atoms with Crippen LogP contribution in [-0.4, -0.2) is 72.3 Å². The second-order valence-electron chi connectivity index (χ2n) is 32.8. The van der Waals surface area contributed by atoms with Crippen LogP contribution in [0.1, 0.15) is 0 Å². The van der Waals surface area contributed by atoms with Crippen LogP contribution in [0, 0.1) is 0 Å². The zero-order chi connectivity index (χ0) is 87.1. The van der Waals surface area contributed by atoms with Gasteiger partial charge in [-0.15, -0.1) is 0 Å². The van der Waals surface area contributed by atoms with Gasteiger partial charge in [0.05, 0.1) is 66.2 Å². The van der Waals surface area contributed by atoms with E-state index in [1.165, 1.54) is 43.4 Å². The number of hydrogen-bond donors (Lipinski definition) is 0. The first kappa shape index (κ1) is 76.2. The standard InChI is InChI=1S/3C39H25N5/c1-4-14-26(15-5-1)37-40-38(27-16-6-2-7-17-27)42-39(41-37)44-34-23-13-11-21-30(34)32-24-35-31(25-36(32)44)29-20-10-12-22-33(29)43(35)28-18-8-3-9-19-28;1-4-14-26(15-5-1)37-40-38(27-16-6-2-7-17-27)42-39(41-37)44-32-22-12-10-20-29(32)30-24-25-34-35(36(30)44)31-21-11-13-23-33(31)43(34)28-18-8-3-9-19-28;1-4-14-26(15-5-1)37-40-38(27-16-6-2-7-17-27)42-39(41-37)44-34-23-13-11-21-30(34)32-25-24-31-29-20-10-12-22-33(29)43(35(31)36(32)44)28-18-8-3-9-19-28/h3*1-25H. The Kier molecular flexibility index (Phi) is 18.5. The number of nitrogens with zero attached hydrogens (tertiary/aromatic N) is 15. The first-order valence-corrected chi connectivity index (χ1v) is 44.2. The molecular weight excluding hydrogens is 1620 g/mol. The molecule has 9 aromatic heterocycles. The summed E-state index contributed by atoms with van der Waals surface area (Å²) in [4.78, 5) is 45.7.